The number of carboxylic acids is 1. The van der Waals surface area contributed by atoms with Gasteiger partial charge in [0.1, 0.15) is 23.0 Å². The first-order chi connectivity index (χ1) is 8.56. The van der Waals surface area contributed by atoms with Crippen LogP contribution >= 0.6 is 0 Å². The topological polar surface area (TPSA) is 92.2 Å². The van der Waals surface area contributed by atoms with Crippen LogP contribution < -0.4 is 24.2 Å². The molecule has 2 rings (SSSR count). The number of aromatic carboxylic acids is 1. The normalized spacial score (nSPS) is 9.10. The number of hydrogen-bond donors (Lipinski definition) is 2. The van der Waals surface area contributed by atoms with Gasteiger partial charge in [-0.25, -0.2) is 18.6 Å². The standard InChI is InChI=1S/C12H8F2N2O2.Li.H2O/c13-7-4-8(14)6-9(5-7)16-11-10(12(17)18)2-1-3-15-11;;/h1-6H,(H,15,16)(H,17,18);;1H2/q;+1;/p-1. The predicted octanol–water partition coefficient (Wildman–Crippen LogP) is -0.371. The molecule has 0 saturated heterocycles. The third-order valence-electron chi connectivity index (χ3n) is 2.16. The number of rotatable bonds is 3. The third-order valence-corrected chi connectivity index (χ3v) is 2.16. The van der Waals surface area contributed by atoms with Crippen LogP contribution in [0.1, 0.15) is 10.4 Å². The molecule has 0 aliphatic heterocycles. The van der Waals surface area contributed by atoms with E-state index in [0.29, 0.717) is 0 Å². The number of anilines is 2. The minimum atomic E-state index is -1.18. The SMILES string of the molecule is O=C(O)c1cccnc1Nc1cc(F)cc(F)c1.[Li+].[OH-]. The number of nitrogens with one attached hydrogen (secondary N) is 1. The second-order valence-electron chi connectivity index (χ2n) is 3.49. The monoisotopic (exact) mass is 274 g/mol. The molecule has 5 nitrogen and oxygen atoms in total. The molecule has 0 aliphatic rings. The molecule has 8 heteroatoms. The smallest absolute Gasteiger partial charge is 0.870 e. The number of carboxylic acid groups (broad SMARTS) is 1. The first kappa shape index (κ1) is 18.1. The molecule has 2 aromatic rings. The van der Waals surface area contributed by atoms with E-state index in [0.717, 1.165) is 18.2 Å². The fourth-order valence-electron chi connectivity index (χ4n) is 1.44. The number of benzene rings is 1. The van der Waals surface area contributed by atoms with E-state index in [4.69, 9.17) is 5.11 Å². The van der Waals surface area contributed by atoms with E-state index in [-0.39, 0.29) is 41.4 Å². The Balaban J connectivity index is 0.00000180. The largest absolute Gasteiger partial charge is 1.00 e. The van der Waals surface area contributed by atoms with Crippen molar-refractivity contribution in [3.05, 3.63) is 53.7 Å². The molecule has 0 amide bonds. The van der Waals surface area contributed by atoms with E-state index in [2.05, 4.69) is 10.3 Å². The van der Waals surface area contributed by atoms with Gasteiger partial charge in [0.15, 0.2) is 0 Å². The van der Waals surface area contributed by atoms with Gasteiger partial charge in [-0.3, -0.25) is 0 Å². The zero-order chi connectivity index (χ0) is 13.1. The van der Waals surface area contributed by atoms with Crippen LogP contribution in [0, 0.1) is 11.6 Å². The Bertz CT molecular complexity index is 591. The first-order valence-corrected chi connectivity index (χ1v) is 4.97. The Hall–Kier alpha value is -1.94. The molecule has 0 radical (unpaired) electrons. The van der Waals surface area contributed by atoms with E-state index >= 15 is 0 Å². The Kier molecular flexibility index (Phi) is 6.86. The summed E-state index contributed by atoms with van der Waals surface area (Å²) in [4.78, 5) is 14.7. The van der Waals surface area contributed by atoms with Crippen LogP contribution in [0.2, 0.25) is 0 Å². The van der Waals surface area contributed by atoms with Gasteiger partial charge in [-0.05, 0) is 24.3 Å². The van der Waals surface area contributed by atoms with Crippen LogP contribution in [-0.4, -0.2) is 21.5 Å². The van der Waals surface area contributed by atoms with Gasteiger partial charge >= 0.3 is 24.8 Å². The summed E-state index contributed by atoms with van der Waals surface area (Å²) in [6.07, 6.45) is 1.38. The van der Waals surface area contributed by atoms with E-state index in [1.54, 1.807) is 0 Å². The van der Waals surface area contributed by atoms with Gasteiger partial charge in [-0.15, -0.1) is 0 Å². The number of halogens is 2. The summed E-state index contributed by atoms with van der Waals surface area (Å²) in [5.41, 5.74) is 0.0101. The van der Waals surface area contributed by atoms with Gasteiger partial charge in [0.05, 0.1) is 0 Å². The quantitative estimate of drug-likeness (QED) is 0.745. The number of hydrogen-bond acceptors (Lipinski definition) is 4. The van der Waals surface area contributed by atoms with Crippen LogP contribution in [0.15, 0.2) is 36.5 Å². The molecule has 0 fully saturated rings. The van der Waals surface area contributed by atoms with Crippen LogP contribution in [0.5, 0.6) is 0 Å². The molecule has 100 valence electrons. The predicted molar refractivity (Wildman–Crippen MR) is 62.8 cm³/mol. The van der Waals surface area contributed by atoms with Crippen LogP contribution in [0.25, 0.3) is 0 Å². The van der Waals surface area contributed by atoms with Gasteiger partial charge in [0.25, 0.3) is 0 Å². The van der Waals surface area contributed by atoms with E-state index in [1.807, 2.05) is 0 Å². The van der Waals surface area contributed by atoms with E-state index < -0.39 is 17.6 Å². The number of aromatic nitrogens is 1. The molecular weight excluding hydrogens is 265 g/mol. The molecule has 0 spiro atoms. The van der Waals surface area contributed by atoms with Crippen molar-refractivity contribution in [1.82, 2.24) is 4.98 Å². The summed E-state index contributed by atoms with van der Waals surface area (Å²) in [5.74, 6) is -2.67. The van der Waals surface area contributed by atoms with Gasteiger partial charge in [-0.2, -0.15) is 0 Å². The zero-order valence-corrected chi connectivity index (χ0v) is 10.5. The summed E-state index contributed by atoms with van der Waals surface area (Å²) in [6.45, 7) is 0. The summed E-state index contributed by atoms with van der Waals surface area (Å²) in [5, 5.41) is 11.5. The number of pyridine rings is 1. The third kappa shape index (κ3) is 4.31. The average Bonchev–Trinajstić information content (AvgIpc) is 2.27. The van der Waals surface area contributed by atoms with Crippen LogP contribution in [-0.2, 0) is 0 Å². The minimum Gasteiger partial charge on any atom is -0.870 e. The molecule has 20 heavy (non-hydrogen) atoms. The summed E-state index contributed by atoms with van der Waals surface area (Å²) in [7, 11) is 0. The minimum absolute atomic E-state index is 0. The van der Waals surface area contributed by atoms with Crippen molar-refractivity contribution >= 4 is 17.5 Å². The second-order valence-corrected chi connectivity index (χ2v) is 3.49. The molecule has 1 heterocycles. The van der Waals surface area contributed by atoms with Gasteiger partial charge in [-0.1, -0.05) is 0 Å². The van der Waals surface area contributed by atoms with Crippen molar-refractivity contribution in [3.63, 3.8) is 0 Å². The average molecular weight is 274 g/mol. The van der Waals surface area contributed by atoms with Crippen LogP contribution in [0.4, 0.5) is 20.3 Å². The maximum absolute atomic E-state index is 13.0. The number of nitrogens with zero attached hydrogens (tertiary/aromatic N) is 1. The fourth-order valence-corrected chi connectivity index (χ4v) is 1.44. The van der Waals surface area contributed by atoms with Gasteiger partial charge in [0.2, 0.25) is 0 Å². The molecule has 1 aromatic heterocycles. The second kappa shape index (κ2) is 7.60. The maximum Gasteiger partial charge on any atom is 1.00 e. The molecule has 0 bridgehead atoms. The van der Waals surface area contributed by atoms with Gasteiger partial charge in [0, 0.05) is 18.0 Å². The number of carbonyl (C=O) groups is 1. The van der Waals surface area contributed by atoms with Crippen molar-refractivity contribution < 1.29 is 43.0 Å². The Labute approximate surface area is 125 Å². The Morgan fingerprint density at radius 3 is 2.35 bits per heavy atom. The molecule has 0 atom stereocenters. The fraction of sp³-hybridized carbons (Fsp3) is 0. The molecule has 0 unspecified atom stereocenters. The molecule has 0 aliphatic carbocycles. The Morgan fingerprint density at radius 2 is 1.80 bits per heavy atom. The summed E-state index contributed by atoms with van der Waals surface area (Å²) in [6, 6.07) is 5.61. The summed E-state index contributed by atoms with van der Waals surface area (Å²) < 4.78 is 25.9. The van der Waals surface area contributed by atoms with E-state index in [1.165, 1.54) is 18.3 Å². The molecule has 0 saturated carbocycles. The van der Waals surface area contributed by atoms with Crippen molar-refractivity contribution in [2.75, 3.05) is 5.32 Å². The molecule has 3 N–H and O–H groups in total. The van der Waals surface area contributed by atoms with Crippen molar-refractivity contribution in [2.45, 2.75) is 0 Å². The van der Waals surface area contributed by atoms with Gasteiger partial charge < -0.3 is 15.9 Å². The van der Waals surface area contributed by atoms with Crippen molar-refractivity contribution in [2.24, 2.45) is 0 Å². The molecule has 1 aromatic carbocycles. The maximum atomic E-state index is 13.0. The van der Waals surface area contributed by atoms with E-state index in [9.17, 15) is 13.6 Å². The van der Waals surface area contributed by atoms with Crippen molar-refractivity contribution in [1.29, 1.82) is 0 Å². The Morgan fingerprint density at radius 1 is 1.20 bits per heavy atom. The van der Waals surface area contributed by atoms with Crippen molar-refractivity contribution in [3.8, 4) is 0 Å². The zero-order valence-electron chi connectivity index (χ0n) is 10.5. The first-order valence-electron chi connectivity index (χ1n) is 4.97. The van der Waals surface area contributed by atoms with Crippen LogP contribution in [0.3, 0.4) is 0 Å². The molecular formula is C12H9F2LiN2O3. The summed E-state index contributed by atoms with van der Waals surface area (Å²) >= 11 is 0.